The van der Waals surface area contributed by atoms with Gasteiger partial charge in [-0.2, -0.15) is 0 Å². The Labute approximate surface area is 128 Å². The third-order valence-electron chi connectivity index (χ3n) is 3.43. The van der Waals surface area contributed by atoms with Gasteiger partial charge >= 0.3 is 0 Å². The van der Waals surface area contributed by atoms with Crippen molar-refractivity contribution < 1.29 is 5.11 Å². The third kappa shape index (κ3) is 2.80. The Balaban J connectivity index is 2.25. The smallest absolute Gasteiger partial charge is 0.141 e. The molecule has 0 bridgehead atoms. The summed E-state index contributed by atoms with van der Waals surface area (Å²) < 4.78 is 2.03. The minimum absolute atomic E-state index is 0.454. The number of aryl methyl sites for hydroxylation is 1. The molecule has 0 radical (unpaired) electrons. The first-order chi connectivity index (χ1) is 10.0. The molecule has 3 nitrogen and oxygen atoms in total. The molecule has 0 saturated carbocycles. The molecule has 0 saturated heterocycles. The lowest BCUT2D eigenvalue weighted by Crippen LogP contribution is -2.12. The van der Waals surface area contributed by atoms with Crippen molar-refractivity contribution in [3.63, 3.8) is 0 Å². The normalized spacial score (nSPS) is 12.8. The molecule has 1 unspecified atom stereocenters. The summed E-state index contributed by atoms with van der Waals surface area (Å²) in [7, 11) is 0. The van der Waals surface area contributed by atoms with Gasteiger partial charge in [0, 0.05) is 10.6 Å². The summed E-state index contributed by atoms with van der Waals surface area (Å²) in [6.45, 7) is 4.32. The average molecular weight is 301 g/mol. The zero-order valence-electron chi connectivity index (χ0n) is 12.0. The van der Waals surface area contributed by atoms with E-state index < -0.39 is 6.10 Å². The molecule has 0 aliphatic rings. The molecule has 1 heterocycles. The van der Waals surface area contributed by atoms with Crippen LogP contribution < -0.4 is 0 Å². The first-order valence-corrected chi connectivity index (χ1v) is 7.33. The fraction of sp³-hybridized carbons (Fsp3) is 0.235. The monoisotopic (exact) mass is 300 g/mol. The van der Waals surface area contributed by atoms with Gasteiger partial charge in [0.2, 0.25) is 0 Å². The van der Waals surface area contributed by atoms with E-state index in [-0.39, 0.29) is 0 Å². The number of aliphatic hydroxyl groups excluding tert-OH is 1. The van der Waals surface area contributed by atoms with Crippen LogP contribution in [0, 0.1) is 6.92 Å². The van der Waals surface area contributed by atoms with Crippen LogP contribution in [0.2, 0.25) is 5.02 Å². The maximum Gasteiger partial charge on any atom is 0.141 e. The number of fused-ring (bicyclic) bond motifs is 1. The van der Waals surface area contributed by atoms with Gasteiger partial charge in [0.15, 0.2) is 0 Å². The Morgan fingerprint density at radius 3 is 2.76 bits per heavy atom. The zero-order valence-corrected chi connectivity index (χ0v) is 12.8. The second-order valence-electron chi connectivity index (χ2n) is 5.40. The second-order valence-corrected chi connectivity index (χ2v) is 5.83. The van der Waals surface area contributed by atoms with Crippen LogP contribution in [0.3, 0.4) is 0 Å². The third-order valence-corrected chi connectivity index (χ3v) is 3.67. The van der Waals surface area contributed by atoms with E-state index in [1.165, 1.54) is 5.56 Å². The first-order valence-electron chi connectivity index (χ1n) is 6.95. The van der Waals surface area contributed by atoms with Crippen LogP contribution in [0.4, 0.5) is 0 Å². The summed E-state index contributed by atoms with van der Waals surface area (Å²) >= 11 is 6.10. The van der Waals surface area contributed by atoms with Gasteiger partial charge in [0.1, 0.15) is 5.82 Å². The Kier molecular flexibility index (Phi) is 3.70. The van der Waals surface area contributed by atoms with Crippen LogP contribution in [-0.4, -0.2) is 20.8 Å². The molecular formula is C17H17ClN2O. The number of aromatic nitrogens is 2. The molecule has 4 heteroatoms. The average Bonchev–Trinajstić information content (AvgIpc) is 2.76. The van der Waals surface area contributed by atoms with Crippen molar-refractivity contribution in [3.05, 3.63) is 53.1 Å². The number of aliphatic hydroxyl groups is 1. The molecule has 1 N–H and O–H groups in total. The molecule has 0 spiro atoms. The van der Waals surface area contributed by atoms with Gasteiger partial charge in [-0.05, 0) is 38.1 Å². The van der Waals surface area contributed by atoms with Gasteiger partial charge in [-0.25, -0.2) is 4.98 Å². The Morgan fingerprint density at radius 2 is 2.05 bits per heavy atom. The highest BCUT2D eigenvalue weighted by atomic mass is 35.5. The number of nitrogens with zero attached hydrogens (tertiary/aromatic N) is 2. The summed E-state index contributed by atoms with van der Waals surface area (Å²) in [5.41, 5.74) is 4.06. The molecule has 0 amide bonds. The van der Waals surface area contributed by atoms with Crippen LogP contribution in [0.1, 0.15) is 12.5 Å². The van der Waals surface area contributed by atoms with Crippen molar-refractivity contribution in [2.45, 2.75) is 26.5 Å². The minimum atomic E-state index is -0.454. The molecule has 3 aromatic rings. The van der Waals surface area contributed by atoms with E-state index in [9.17, 15) is 5.11 Å². The van der Waals surface area contributed by atoms with Gasteiger partial charge in [-0.1, -0.05) is 35.4 Å². The number of halogens is 1. The highest BCUT2D eigenvalue weighted by Gasteiger charge is 2.14. The molecule has 2 aromatic carbocycles. The predicted octanol–water partition coefficient (Wildman–Crippen LogP) is 4.05. The van der Waals surface area contributed by atoms with E-state index in [2.05, 4.69) is 19.1 Å². The fourth-order valence-corrected chi connectivity index (χ4v) is 2.72. The Bertz CT molecular complexity index is 793. The van der Waals surface area contributed by atoms with E-state index >= 15 is 0 Å². The van der Waals surface area contributed by atoms with Crippen molar-refractivity contribution in [3.8, 4) is 11.4 Å². The van der Waals surface area contributed by atoms with Gasteiger partial charge in [-0.3, -0.25) is 0 Å². The summed E-state index contributed by atoms with van der Waals surface area (Å²) in [5, 5.41) is 10.5. The van der Waals surface area contributed by atoms with Crippen molar-refractivity contribution in [1.82, 2.24) is 9.55 Å². The number of imidazole rings is 1. The standard InChI is InChI=1S/C17H17ClN2O/c1-11-4-3-5-13(8-11)17-19-15-7-6-14(18)9-16(15)20(17)10-12(2)21/h3-9,12,21H,10H2,1-2H3. The number of hydrogen-bond donors (Lipinski definition) is 1. The maximum atomic E-state index is 9.80. The molecule has 3 rings (SSSR count). The fourth-order valence-electron chi connectivity index (χ4n) is 2.55. The Morgan fingerprint density at radius 1 is 1.24 bits per heavy atom. The predicted molar refractivity (Wildman–Crippen MR) is 86.6 cm³/mol. The van der Waals surface area contributed by atoms with E-state index in [1.807, 2.05) is 34.9 Å². The van der Waals surface area contributed by atoms with Crippen LogP contribution in [-0.2, 0) is 6.54 Å². The van der Waals surface area contributed by atoms with Crippen molar-refractivity contribution >= 4 is 22.6 Å². The summed E-state index contributed by atoms with van der Waals surface area (Å²) in [6.07, 6.45) is -0.454. The van der Waals surface area contributed by atoms with E-state index in [0.717, 1.165) is 22.4 Å². The van der Waals surface area contributed by atoms with Crippen LogP contribution in [0.15, 0.2) is 42.5 Å². The summed E-state index contributed by atoms with van der Waals surface area (Å²) in [6, 6.07) is 13.9. The maximum absolute atomic E-state index is 9.80. The number of hydrogen-bond acceptors (Lipinski definition) is 2. The van der Waals surface area contributed by atoms with E-state index in [0.29, 0.717) is 11.6 Å². The van der Waals surface area contributed by atoms with Crippen molar-refractivity contribution in [2.24, 2.45) is 0 Å². The van der Waals surface area contributed by atoms with E-state index in [1.54, 1.807) is 6.92 Å². The van der Waals surface area contributed by atoms with Crippen molar-refractivity contribution in [2.75, 3.05) is 0 Å². The first kappa shape index (κ1) is 14.1. The lowest BCUT2D eigenvalue weighted by molar-refractivity contribution is 0.175. The summed E-state index contributed by atoms with van der Waals surface area (Å²) in [5.74, 6) is 0.858. The molecular weight excluding hydrogens is 284 g/mol. The molecule has 1 aromatic heterocycles. The summed E-state index contributed by atoms with van der Waals surface area (Å²) in [4.78, 5) is 4.71. The van der Waals surface area contributed by atoms with Crippen LogP contribution in [0.5, 0.6) is 0 Å². The molecule has 21 heavy (non-hydrogen) atoms. The van der Waals surface area contributed by atoms with Gasteiger partial charge in [0.25, 0.3) is 0 Å². The largest absolute Gasteiger partial charge is 0.392 e. The highest BCUT2D eigenvalue weighted by molar-refractivity contribution is 6.31. The minimum Gasteiger partial charge on any atom is -0.392 e. The van der Waals surface area contributed by atoms with Gasteiger partial charge in [-0.15, -0.1) is 0 Å². The molecule has 0 fully saturated rings. The van der Waals surface area contributed by atoms with Gasteiger partial charge in [0.05, 0.1) is 23.7 Å². The van der Waals surface area contributed by atoms with Crippen LogP contribution >= 0.6 is 11.6 Å². The molecule has 0 aliphatic heterocycles. The number of benzene rings is 2. The van der Waals surface area contributed by atoms with Crippen molar-refractivity contribution in [1.29, 1.82) is 0 Å². The lowest BCUT2D eigenvalue weighted by Gasteiger charge is -2.11. The zero-order chi connectivity index (χ0) is 15.0. The Hall–Kier alpha value is -1.84. The van der Waals surface area contributed by atoms with E-state index in [4.69, 9.17) is 16.6 Å². The lowest BCUT2D eigenvalue weighted by atomic mass is 10.1. The molecule has 0 aliphatic carbocycles. The quantitative estimate of drug-likeness (QED) is 0.792. The van der Waals surface area contributed by atoms with Crippen LogP contribution in [0.25, 0.3) is 22.4 Å². The number of rotatable bonds is 3. The highest BCUT2D eigenvalue weighted by Crippen LogP contribution is 2.27. The van der Waals surface area contributed by atoms with Gasteiger partial charge < -0.3 is 9.67 Å². The topological polar surface area (TPSA) is 38.0 Å². The SMILES string of the molecule is Cc1cccc(-c2nc3ccc(Cl)cc3n2CC(C)O)c1. The molecule has 1 atom stereocenters. The molecule has 108 valence electrons. The second kappa shape index (κ2) is 5.51.